The van der Waals surface area contributed by atoms with Crippen molar-refractivity contribution in [2.45, 2.75) is 51.5 Å². The van der Waals surface area contributed by atoms with Crippen LogP contribution in [0, 0.1) is 5.92 Å². The Morgan fingerprint density at radius 1 is 1.46 bits per heavy atom. The van der Waals surface area contributed by atoms with Crippen molar-refractivity contribution in [3.63, 3.8) is 0 Å². The summed E-state index contributed by atoms with van der Waals surface area (Å²) in [4.78, 5) is 0. The van der Waals surface area contributed by atoms with Crippen molar-refractivity contribution < 1.29 is 0 Å². The number of rotatable bonds is 4. The maximum atomic E-state index is 3.65. The Morgan fingerprint density at radius 2 is 2.31 bits per heavy atom. The van der Waals surface area contributed by atoms with Gasteiger partial charge in [0.25, 0.3) is 0 Å². The average molecular weight is 179 g/mol. The number of likely N-dealkylation sites (N-methyl/N-ethyl adjacent to an activating group) is 1. The molecule has 1 saturated carbocycles. The highest BCUT2D eigenvalue weighted by Gasteiger charge is 2.32. The molecule has 0 bridgehead atoms. The van der Waals surface area contributed by atoms with Crippen molar-refractivity contribution in [3.05, 3.63) is 11.6 Å². The lowest BCUT2D eigenvalue weighted by Gasteiger charge is -2.23. The topological polar surface area (TPSA) is 12.0 Å². The second kappa shape index (κ2) is 4.28. The van der Waals surface area contributed by atoms with E-state index < -0.39 is 0 Å². The zero-order chi connectivity index (χ0) is 9.10. The van der Waals surface area contributed by atoms with E-state index in [1.807, 2.05) is 0 Å². The summed E-state index contributed by atoms with van der Waals surface area (Å²) in [6, 6.07) is 0.741. The van der Waals surface area contributed by atoms with Gasteiger partial charge in [-0.25, -0.2) is 0 Å². The van der Waals surface area contributed by atoms with Crippen LogP contribution in [0.4, 0.5) is 0 Å². The van der Waals surface area contributed by atoms with Crippen LogP contribution in [0.3, 0.4) is 0 Å². The highest BCUT2D eigenvalue weighted by Crippen LogP contribution is 2.38. The fraction of sp³-hybridized carbons (Fsp3) is 0.833. The third kappa shape index (κ3) is 2.34. The molecule has 0 spiro atoms. The van der Waals surface area contributed by atoms with Crippen LogP contribution in [0.2, 0.25) is 0 Å². The molecule has 1 atom stereocenters. The molecule has 13 heavy (non-hydrogen) atoms. The SMILES string of the molecule is CCNC(C1=CCCCC1)C1CC1. The van der Waals surface area contributed by atoms with Gasteiger partial charge in [0.05, 0.1) is 0 Å². The van der Waals surface area contributed by atoms with Gasteiger partial charge < -0.3 is 5.32 Å². The summed E-state index contributed by atoms with van der Waals surface area (Å²) in [7, 11) is 0. The molecule has 0 saturated heterocycles. The molecule has 0 radical (unpaired) electrons. The Labute approximate surface area is 81.6 Å². The molecule has 2 aliphatic carbocycles. The first kappa shape index (κ1) is 9.26. The largest absolute Gasteiger partial charge is 0.310 e. The number of nitrogens with one attached hydrogen (secondary N) is 1. The minimum absolute atomic E-state index is 0.741. The summed E-state index contributed by atoms with van der Waals surface area (Å²) in [5.74, 6) is 0.976. The van der Waals surface area contributed by atoms with Crippen molar-refractivity contribution >= 4 is 0 Å². The lowest BCUT2D eigenvalue weighted by Crippen LogP contribution is -2.33. The molecule has 1 N–H and O–H groups in total. The lowest BCUT2D eigenvalue weighted by atomic mass is 9.91. The highest BCUT2D eigenvalue weighted by molar-refractivity contribution is 5.16. The monoisotopic (exact) mass is 179 g/mol. The third-order valence-corrected chi connectivity index (χ3v) is 3.24. The van der Waals surface area contributed by atoms with E-state index in [1.165, 1.54) is 38.5 Å². The van der Waals surface area contributed by atoms with Crippen LogP contribution in [0.15, 0.2) is 11.6 Å². The van der Waals surface area contributed by atoms with Crippen LogP contribution >= 0.6 is 0 Å². The number of hydrogen-bond acceptors (Lipinski definition) is 1. The summed E-state index contributed by atoms with van der Waals surface area (Å²) >= 11 is 0. The molecule has 1 fully saturated rings. The van der Waals surface area contributed by atoms with Gasteiger partial charge in [-0.1, -0.05) is 18.6 Å². The summed E-state index contributed by atoms with van der Waals surface area (Å²) in [6.45, 7) is 3.34. The van der Waals surface area contributed by atoms with Gasteiger partial charge in [-0.05, 0) is 51.0 Å². The Hall–Kier alpha value is -0.300. The second-order valence-electron chi connectivity index (χ2n) is 4.40. The van der Waals surface area contributed by atoms with Crippen LogP contribution in [0.5, 0.6) is 0 Å². The smallest absolute Gasteiger partial charge is 0.0307 e. The molecule has 0 aromatic heterocycles. The molecule has 2 aliphatic rings. The lowest BCUT2D eigenvalue weighted by molar-refractivity contribution is 0.499. The molecule has 1 nitrogen and oxygen atoms in total. The summed E-state index contributed by atoms with van der Waals surface area (Å²) in [5, 5.41) is 3.65. The third-order valence-electron chi connectivity index (χ3n) is 3.24. The first-order valence-corrected chi connectivity index (χ1v) is 5.84. The highest BCUT2D eigenvalue weighted by atomic mass is 14.9. The zero-order valence-corrected chi connectivity index (χ0v) is 8.68. The molecule has 0 aliphatic heterocycles. The molecule has 0 aromatic carbocycles. The van der Waals surface area contributed by atoms with Gasteiger partial charge in [0.15, 0.2) is 0 Å². The van der Waals surface area contributed by atoms with E-state index in [0.29, 0.717) is 0 Å². The predicted octanol–water partition coefficient (Wildman–Crippen LogP) is 2.87. The van der Waals surface area contributed by atoms with Crippen molar-refractivity contribution in [1.82, 2.24) is 5.32 Å². The van der Waals surface area contributed by atoms with Crippen LogP contribution in [0.1, 0.15) is 45.4 Å². The molecule has 1 heteroatoms. The Kier molecular flexibility index (Phi) is 3.05. The van der Waals surface area contributed by atoms with Gasteiger partial charge in [-0.15, -0.1) is 0 Å². The molecule has 0 aromatic rings. The Bertz CT molecular complexity index is 191. The Morgan fingerprint density at radius 3 is 2.85 bits per heavy atom. The minimum atomic E-state index is 0.741. The van der Waals surface area contributed by atoms with Crippen molar-refractivity contribution in [3.8, 4) is 0 Å². The van der Waals surface area contributed by atoms with Gasteiger partial charge in [0.2, 0.25) is 0 Å². The van der Waals surface area contributed by atoms with Crippen molar-refractivity contribution in [1.29, 1.82) is 0 Å². The number of allylic oxidation sites excluding steroid dienone is 1. The minimum Gasteiger partial charge on any atom is -0.310 e. The van der Waals surface area contributed by atoms with E-state index in [4.69, 9.17) is 0 Å². The van der Waals surface area contributed by atoms with Gasteiger partial charge in [-0.2, -0.15) is 0 Å². The van der Waals surface area contributed by atoms with Gasteiger partial charge in [0.1, 0.15) is 0 Å². The van der Waals surface area contributed by atoms with Crippen molar-refractivity contribution in [2.24, 2.45) is 5.92 Å². The zero-order valence-electron chi connectivity index (χ0n) is 8.68. The fourth-order valence-corrected chi connectivity index (χ4v) is 2.40. The quantitative estimate of drug-likeness (QED) is 0.654. The van der Waals surface area contributed by atoms with Gasteiger partial charge >= 0.3 is 0 Å². The maximum absolute atomic E-state index is 3.65. The van der Waals surface area contributed by atoms with E-state index in [2.05, 4.69) is 18.3 Å². The van der Waals surface area contributed by atoms with E-state index in [-0.39, 0.29) is 0 Å². The van der Waals surface area contributed by atoms with E-state index in [1.54, 1.807) is 5.57 Å². The summed E-state index contributed by atoms with van der Waals surface area (Å²) < 4.78 is 0. The van der Waals surface area contributed by atoms with Crippen LogP contribution in [-0.2, 0) is 0 Å². The van der Waals surface area contributed by atoms with E-state index in [0.717, 1.165) is 18.5 Å². The fourth-order valence-electron chi connectivity index (χ4n) is 2.40. The first-order chi connectivity index (χ1) is 6.42. The normalized spacial score (nSPS) is 25.5. The average Bonchev–Trinajstić information content (AvgIpc) is 2.99. The summed E-state index contributed by atoms with van der Waals surface area (Å²) in [5.41, 5.74) is 1.72. The predicted molar refractivity (Wildman–Crippen MR) is 56.7 cm³/mol. The molecule has 2 rings (SSSR count). The molecule has 1 unspecified atom stereocenters. The van der Waals surface area contributed by atoms with Gasteiger partial charge in [-0.3, -0.25) is 0 Å². The number of hydrogen-bond donors (Lipinski definition) is 1. The van der Waals surface area contributed by atoms with Crippen LogP contribution in [-0.4, -0.2) is 12.6 Å². The van der Waals surface area contributed by atoms with Crippen LogP contribution < -0.4 is 5.32 Å². The molecule has 0 amide bonds. The maximum Gasteiger partial charge on any atom is 0.0307 e. The summed E-state index contributed by atoms with van der Waals surface area (Å²) in [6.07, 6.45) is 10.9. The van der Waals surface area contributed by atoms with E-state index in [9.17, 15) is 0 Å². The van der Waals surface area contributed by atoms with E-state index >= 15 is 0 Å². The first-order valence-electron chi connectivity index (χ1n) is 5.84. The standard InChI is InChI=1S/C12H21N/c1-2-13-12(11-8-9-11)10-6-4-3-5-7-10/h6,11-13H,2-5,7-9H2,1H3. The molecule has 74 valence electrons. The Balaban J connectivity index is 1.96. The molecular weight excluding hydrogens is 158 g/mol. The second-order valence-corrected chi connectivity index (χ2v) is 4.40. The molecular formula is C12H21N. The van der Waals surface area contributed by atoms with Crippen LogP contribution in [0.25, 0.3) is 0 Å². The molecule has 0 heterocycles. The van der Waals surface area contributed by atoms with Crippen molar-refractivity contribution in [2.75, 3.05) is 6.54 Å². The van der Waals surface area contributed by atoms with Gasteiger partial charge in [0, 0.05) is 6.04 Å².